The van der Waals surface area contributed by atoms with Crippen LogP contribution in [0.25, 0.3) is 32.9 Å². The van der Waals surface area contributed by atoms with Crippen LogP contribution in [-0.4, -0.2) is 10.3 Å². The zero-order valence-electron chi connectivity index (χ0n) is 18.2. The van der Waals surface area contributed by atoms with Crippen molar-refractivity contribution < 1.29 is 0 Å². The van der Waals surface area contributed by atoms with Gasteiger partial charge in [0.15, 0.2) is 0 Å². The zero-order valence-corrected chi connectivity index (χ0v) is 18.2. The molecule has 0 saturated carbocycles. The second kappa shape index (κ2) is 5.89. The molecule has 3 nitrogen and oxygen atoms in total. The summed E-state index contributed by atoms with van der Waals surface area (Å²) in [6, 6.07) is 27.9. The molecule has 2 aliphatic rings. The fourth-order valence-electron chi connectivity index (χ4n) is 5.97. The van der Waals surface area contributed by atoms with Crippen molar-refractivity contribution in [2.24, 2.45) is 4.99 Å². The highest BCUT2D eigenvalue weighted by molar-refractivity contribution is 6.24. The third-order valence-corrected chi connectivity index (χ3v) is 7.36. The maximum Gasteiger partial charge on any atom is 0.0863 e. The van der Waals surface area contributed by atoms with Crippen molar-refractivity contribution in [3.8, 4) is 11.1 Å². The van der Waals surface area contributed by atoms with Crippen LogP contribution >= 0.6 is 0 Å². The van der Waals surface area contributed by atoms with Gasteiger partial charge in [0.05, 0.1) is 29.1 Å². The summed E-state index contributed by atoms with van der Waals surface area (Å²) in [5.74, 6) is 0. The average molecular weight is 414 g/mol. The van der Waals surface area contributed by atoms with E-state index in [1.54, 1.807) is 0 Å². The van der Waals surface area contributed by atoms with Crippen molar-refractivity contribution in [3.05, 3.63) is 95.6 Å². The lowest BCUT2D eigenvalue weighted by Crippen LogP contribution is -2.19. The third-order valence-electron chi connectivity index (χ3n) is 7.36. The van der Waals surface area contributed by atoms with E-state index < -0.39 is 0 Å². The first-order valence-corrected chi connectivity index (χ1v) is 11.2. The van der Waals surface area contributed by atoms with E-state index in [0.29, 0.717) is 5.69 Å². The van der Waals surface area contributed by atoms with Crippen LogP contribution in [0.3, 0.4) is 0 Å². The van der Waals surface area contributed by atoms with E-state index in [2.05, 4.69) is 73.0 Å². The van der Waals surface area contributed by atoms with Crippen molar-refractivity contribution in [1.82, 2.24) is 4.57 Å². The molecule has 0 radical (unpaired) electrons. The first kappa shape index (κ1) is 17.8. The van der Waals surface area contributed by atoms with Gasteiger partial charge in [-0.2, -0.15) is 0 Å². The van der Waals surface area contributed by atoms with Crippen LogP contribution in [0.2, 0.25) is 0 Å². The first-order chi connectivity index (χ1) is 15.6. The molecular weight excluding hydrogens is 390 g/mol. The van der Waals surface area contributed by atoms with E-state index in [9.17, 15) is 0 Å². The van der Waals surface area contributed by atoms with Crippen LogP contribution in [0.4, 0.5) is 11.4 Å². The molecule has 2 heterocycles. The van der Waals surface area contributed by atoms with E-state index in [4.69, 9.17) is 10.7 Å². The van der Waals surface area contributed by atoms with Crippen LogP contribution in [0, 0.1) is 0 Å². The minimum absolute atomic E-state index is 0.0932. The monoisotopic (exact) mass is 413 g/mol. The molecule has 1 aromatic heterocycles. The standard InChI is InChI=1S/C29H23N3/c1-29(2)21-11-5-3-9-17(21)19-15-20-18-10-4-8-14-25(18)32-16-24(26(27(19)29)28(20)32)31-23-13-7-6-12-22(23)30/h3-15H,16,30H2,1-2H3/b31-24+. The lowest BCUT2D eigenvalue weighted by atomic mass is 9.79. The molecule has 0 saturated heterocycles. The molecule has 2 N–H and O–H groups in total. The fraction of sp³-hybridized carbons (Fsp3) is 0.138. The lowest BCUT2D eigenvalue weighted by Gasteiger charge is -2.24. The molecule has 0 bridgehead atoms. The number of hydrogen-bond donors (Lipinski definition) is 1. The summed E-state index contributed by atoms with van der Waals surface area (Å²) in [6.07, 6.45) is 0. The normalized spacial score (nSPS) is 16.8. The van der Waals surface area contributed by atoms with E-state index in [0.717, 1.165) is 17.9 Å². The lowest BCUT2D eigenvalue weighted by molar-refractivity contribution is 0.660. The summed E-state index contributed by atoms with van der Waals surface area (Å²) in [6.45, 7) is 5.45. The SMILES string of the molecule is CC1(C)c2ccccc2-c2cc3c4ccccc4n4c3c(c21)/C(=N/c1ccccc1N)C4. The van der Waals surface area contributed by atoms with Crippen molar-refractivity contribution in [2.75, 3.05) is 5.73 Å². The minimum Gasteiger partial charge on any atom is -0.397 e. The smallest absolute Gasteiger partial charge is 0.0863 e. The Labute approximate surface area is 186 Å². The Hall–Kier alpha value is -3.85. The third kappa shape index (κ3) is 2.08. The largest absolute Gasteiger partial charge is 0.397 e. The fourth-order valence-corrected chi connectivity index (χ4v) is 5.97. The molecule has 3 heteroatoms. The van der Waals surface area contributed by atoms with Gasteiger partial charge in [0.1, 0.15) is 0 Å². The average Bonchev–Trinajstić information content (AvgIpc) is 3.40. The number of aliphatic imine (C=N–C) groups is 1. The number of hydrogen-bond acceptors (Lipinski definition) is 2. The van der Waals surface area contributed by atoms with Gasteiger partial charge in [-0.15, -0.1) is 0 Å². The Morgan fingerprint density at radius 2 is 1.59 bits per heavy atom. The molecule has 0 fully saturated rings. The van der Waals surface area contributed by atoms with Crippen molar-refractivity contribution >= 4 is 38.9 Å². The Kier molecular flexibility index (Phi) is 3.27. The highest BCUT2D eigenvalue weighted by Gasteiger charge is 2.41. The maximum atomic E-state index is 6.29. The van der Waals surface area contributed by atoms with E-state index in [1.165, 1.54) is 49.6 Å². The van der Waals surface area contributed by atoms with Gasteiger partial charge in [0.2, 0.25) is 0 Å². The van der Waals surface area contributed by atoms with Crippen molar-refractivity contribution in [1.29, 1.82) is 0 Å². The minimum atomic E-state index is -0.0932. The highest BCUT2D eigenvalue weighted by Crippen LogP contribution is 2.54. The number of nitrogen functional groups attached to an aromatic ring is 1. The molecule has 32 heavy (non-hydrogen) atoms. The molecule has 7 rings (SSSR count). The summed E-state index contributed by atoms with van der Waals surface area (Å²) < 4.78 is 2.44. The Morgan fingerprint density at radius 1 is 0.844 bits per heavy atom. The predicted octanol–water partition coefficient (Wildman–Crippen LogP) is 6.82. The van der Waals surface area contributed by atoms with E-state index in [-0.39, 0.29) is 5.41 Å². The second-order valence-electron chi connectivity index (χ2n) is 9.46. The van der Waals surface area contributed by atoms with Crippen LogP contribution in [0.1, 0.15) is 30.5 Å². The summed E-state index contributed by atoms with van der Waals surface area (Å²) in [5.41, 5.74) is 18.2. The molecule has 154 valence electrons. The maximum absolute atomic E-state index is 6.29. The van der Waals surface area contributed by atoms with Crippen LogP contribution in [0.15, 0.2) is 83.9 Å². The van der Waals surface area contributed by atoms with Gasteiger partial charge < -0.3 is 10.3 Å². The summed E-state index contributed by atoms with van der Waals surface area (Å²) in [4.78, 5) is 5.15. The van der Waals surface area contributed by atoms with Crippen LogP contribution < -0.4 is 5.73 Å². The Morgan fingerprint density at radius 3 is 2.47 bits per heavy atom. The van der Waals surface area contributed by atoms with Gasteiger partial charge >= 0.3 is 0 Å². The van der Waals surface area contributed by atoms with Crippen molar-refractivity contribution in [3.63, 3.8) is 0 Å². The molecule has 0 amide bonds. The van der Waals surface area contributed by atoms with Gasteiger partial charge in [-0.3, -0.25) is 0 Å². The Bertz CT molecular complexity index is 1630. The van der Waals surface area contributed by atoms with Crippen LogP contribution in [-0.2, 0) is 12.0 Å². The summed E-state index contributed by atoms with van der Waals surface area (Å²) in [7, 11) is 0. The number of rotatable bonds is 1. The first-order valence-electron chi connectivity index (χ1n) is 11.2. The molecule has 1 aliphatic heterocycles. The molecule has 1 aliphatic carbocycles. The topological polar surface area (TPSA) is 43.3 Å². The highest BCUT2D eigenvalue weighted by atomic mass is 15.0. The number of fused-ring (bicyclic) bond motifs is 7. The number of benzene rings is 4. The van der Waals surface area contributed by atoms with Gasteiger partial charge in [-0.1, -0.05) is 68.4 Å². The Balaban J connectivity index is 1.66. The molecule has 0 spiro atoms. The van der Waals surface area contributed by atoms with E-state index >= 15 is 0 Å². The van der Waals surface area contributed by atoms with Gasteiger partial charge in [-0.25, -0.2) is 4.99 Å². The van der Waals surface area contributed by atoms with Gasteiger partial charge in [0, 0.05) is 27.3 Å². The molecular formula is C29H23N3. The summed E-state index contributed by atoms with van der Waals surface area (Å²) >= 11 is 0. The number of aromatic nitrogens is 1. The molecule has 0 atom stereocenters. The van der Waals surface area contributed by atoms with Gasteiger partial charge in [-0.05, 0) is 46.5 Å². The predicted molar refractivity (Wildman–Crippen MR) is 134 cm³/mol. The molecule has 0 unspecified atom stereocenters. The number of anilines is 1. The van der Waals surface area contributed by atoms with Crippen LogP contribution in [0.5, 0.6) is 0 Å². The number of nitrogens with two attached hydrogens (primary N) is 1. The molecule has 4 aromatic carbocycles. The zero-order chi connectivity index (χ0) is 21.6. The second-order valence-corrected chi connectivity index (χ2v) is 9.46. The van der Waals surface area contributed by atoms with Gasteiger partial charge in [0.25, 0.3) is 0 Å². The van der Waals surface area contributed by atoms with Crippen molar-refractivity contribution in [2.45, 2.75) is 25.8 Å². The quantitative estimate of drug-likeness (QED) is 0.301. The summed E-state index contributed by atoms with van der Waals surface area (Å²) in [5, 5.41) is 2.63. The van der Waals surface area contributed by atoms with E-state index in [1.807, 2.05) is 24.3 Å². The number of para-hydroxylation sites is 3. The number of nitrogens with zero attached hydrogens (tertiary/aromatic N) is 2. The molecule has 5 aromatic rings.